The van der Waals surface area contributed by atoms with Crippen LogP contribution in [0, 0.1) is 18.6 Å². The van der Waals surface area contributed by atoms with Gasteiger partial charge in [-0.15, -0.1) is 0 Å². The van der Waals surface area contributed by atoms with Crippen molar-refractivity contribution in [1.29, 1.82) is 0 Å². The number of H-pyrrole nitrogens is 1. The van der Waals surface area contributed by atoms with Crippen molar-refractivity contribution in [3.05, 3.63) is 75.2 Å². The van der Waals surface area contributed by atoms with Gasteiger partial charge in [0.2, 0.25) is 5.95 Å². The van der Waals surface area contributed by atoms with Crippen molar-refractivity contribution in [3.63, 3.8) is 0 Å². The second kappa shape index (κ2) is 11.3. The second-order valence-corrected chi connectivity index (χ2v) is 7.82. The molecule has 2 amide bonds. The van der Waals surface area contributed by atoms with Crippen LogP contribution in [0.4, 0.5) is 38.4 Å². The van der Waals surface area contributed by atoms with Crippen LogP contribution in [0.1, 0.15) is 23.1 Å². The monoisotopic (exact) mass is 510 g/mol. The molecule has 1 aromatic heterocycles. The predicted molar refractivity (Wildman–Crippen MR) is 124 cm³/mol. The van der Waals surface area contributed by atoms with E-state index < -0.39 is 40.7 Å². The molecule has 0 spiro atoms. The zero-order valence-corrected chi connectivity index (χ0v) is 19.0. The van der Waals surface area contributed by atoms with Crippen molar-refractivity contribution >= 4 is 17.7 Å². The summed E-state index contributed by atoms with van der Waals surface area (Å²) in [6, 6.07) is 4.13. The zero-order valence-electron chi connectivity index (χ0n) is 19.0. The van der Waals surface area contributed by atoms with Crippen LogP contribution in [-0.2, 0) is 12.7 Å². The largest absolute Gasteiger partial charge is 0.416 e. The minimum absolute atomic E-state index is 0.00221. The Kier molecular flexibility index (Phi) is 8.37. The Labute approximate surface area is 202 Å². The number of aryl methyl sites for hydroxylation is 1. The van der Waals surface area contributed by atoms with Gasteiger partial charge in [0.1, 0.15) is 11.6 Å². The van der Waals surface area contributed by atoms with E-state index in [4.69, 9.17) is 5.73 Å². The van der Waals surface area contributed by atoms with Gasteiger partial charge in [0, 0.05) is 18.8 Å². The molecule has 0 aliphatic rings. The Hall–Kier alpha value is -3.84. The van der Waals surface area contributed by atoms with Crippen LogP contribution >= 0.6 is 0 Å². The number of nitrogens with zero attached hydrogens (tertiary/aromatic N) is 1. The number of rotatable bonds is 8. The molecule has 0 unspecified atom stereocenters. The molecule has 0 saturated heterocycles. The van der Waals surface area contributed by atoms with Gasteiger partial charge in [-0.25, -0.2) is 13.6 Å². The molecule has 6 N–H and O–H groups in total. The van der Waals surface area contributed by atoms with E-state index >= 15 is 0 Å². The maximum Gasteiger partial charge on any atom is 0.416 e. The van der Waals surface area contributed by atoms with E-state index in [0.717, 1.165) is 24.4 Å². The van der Waals surface area contributed by atoms with Gasteiger partial charge in [0.15, 0.2) is 0 Å². The molecule has 0 atom stereocenters. The number of amides is 2. The number of halogens is 5. The fraction of sp³-hybridized carbons (Fsp3) is 0.261. The molecule has 0 saturated carbocycles. The summed E-state index contributed by atoms with van der Waals surface area (Å²) in [7, 11) is 0. The average Bonchev–Trinajstić information content (AvgIpc) is 2.80. The van der Waals surface area contributed by atoms with Crippen molar-refractivity contribution in [2.24, 2.45) is 5.73 Å². The van der Waals surface area contributed by atoms with E-state index in [1.54, 1.807) is 0 Å². The van der Waals surface area contributed by atoms with Crippen LogP contribution in [0.5, 0.6) is 0 Å². The number of hydrogen-bond acceptors (Lipinski definition) is 5. The summed E-state index contributed by atoms with van der Waals surface area (Å²) >= 11 is 0. The van der Waals surface area contributed by atoms with Gasteiger partial charge < -0.3 is 21.4 Å². The summed E-state index contributed by atoms with van der Waals surface area (Å²) in [5.74, 6) is -1.97. The molecule has 0 bridgehead atoms. The van der Waals surface area contributed by atoms with E-state index in [2.05, 4.69) is 25.9 Å². The average molecular weight is 510 g/mol. The maximum atomic E-state index is 13.9. The number of carbonyl (C=O) groups excluding carboxylic acids is 1. The summed E-state index contributed by atoms with van der Waals surface area (Å²) in [5, 5.41) is 7.12. The van der Waals surface area contributed by atoms with Gasteiger partial charge in [-0.05, 0) is 55.3 Å². The predicted octanol–water partition coefficient (Wildman–Crippen LogP) is 4.12. The van der Waals surface area contributed by atoms with E-state index in [-0.39, 0.29) is 34.7 Å². The number of benzene rings is 2. The smallest absolute Gasteiger partial charge is 0.331 e. The molecule has 13 heteroatoms. The molecule has 0 aliphatic carbocycles. The van der Waals surface area contributed by atoms with Gasteiger partial charge in [0.25, 0.3) is 5.56 Å². The third-order valence-electron chi connectivity index (χ3n) is 5.12. The van der Waals surface area contributed by atoms with E-state index in [0.29, 0.717) is 19.5 Å². The maximum absolute atomic E-state index is 13.9. The third kappa shape index (κ3) is 6.64. The first-order valence-electron chi connectivity index (χ1n) is 10.7. The van der Waals surface area contributed by atoms with Crippen molar-refractivity contribution in [1.82, 2.24) is 15.3 Å². The van der Waals surface area contributed by atoms with Crippen LogP contribution in [0.15, 0.2) is 41.3 Å². The Balaban J connectivity index is 1.78. The summed E-state index contributed by atoms with van der Waals surface area (Å²) < 4.78 is 68.4. The van der Waals surface area contributed by atoms with Crippen LogP contribution < -0.4 is 27.2 Å². The number of anilines is 2. The summed E-state index contributed by atoms with van der Waals surface area (Å²) in [4.78, 5) is 30.7. The molecule has 1 heterocycles. The Morgan fingerprint density at radius 1 is 1.11 bits per heavy atom. The first-order valence-corrected chi connectivity index (χ1v) is 10.7. The Morgan fingerprint density at radius 2 is 1.86 bits per heavy atom. The van der Waals surface area contributed by atoms with Crippen LogP contribution in [0.25, 0.3) is 11.1 Å². The molecule has 0 radical (unpaired) electrons. The quantitative estimate of drug-likeness (QED) is 0.230. The number of hydrogen-bond donors (Lipinski definition) is 5. The highest BCUT2D eigenvalue weighted by atomic mass is 19.4. The molecular weight excluding hydrogens is 487 g/mol. The fourth-order valence-corrected chi connectivity index (χ4v) is 3.28. The zero-order chi connectivity index (χ0) is 26.5. The standard InChI is InChI=1S/C23H23F5N6O2/c1-12-7-18(25)19(9-17(12)24)32-22(36)34-21-31-11-15(20(35)33-21)13-3-4-14(10-30-6-2-5-29)16(8-13)23(26,27)28/h3-4,7-9,11,30H,2,5-6,10,29H2,1H3,(H3,31,32,33,34,35,36). The number of nitrogens with two attached hydrogens (primary N) is 1. The number of aromatic amines is 1. The lowest BCUT2D eigenvalue weighted by molar-refractivity contribution is -0.138. The van der Waals surface area contributed by atoms with Crippen molar-refractivity contribution in [2.75, 3.05) is 23.7 Å². The molecule has 36 heavy (non-hydrogen) atoms. The topological polar surface area (TPSA) is 125 Å². The van der Waals surface area contributed by atoms with Crippen LogP contribution in [0.2, 0.25) is 0 Å². The molecular formula is C23H23F5N6O2. The summed E-state index contributed by atoms with van der Waals surface area (Å²) in [6.45, 7) is 2.17. The number of alkyl halides is 3. The number of nitrogens with one attached hydrogen (secondary N) is 4. The lowest BCUT2D eigenvalue weighted by Crippen LogP contribution is -2.24. The fourth-order valence-electron chi connectivity index (χ4n) is 3.28. The van der Waals surface area contributed by atoms with Gasteiger partial charge in [-0.1, -0.05) is 12.1 Å². The molecule has 3 rings (SSSR count). The molecule has 0 fully saturated rings. The SMILES string of the molecule is Cc1cc(F)c(NC(=O)Nc2nc(=O)c(-c3ccc(CNCCCN)c(C(F)(F)F)c3)c[nH]2)cc1F. The first kappa shape index (κ1) is 26.8. The molecule has 8 nitrogen and oxygen atoms in total. The summed E-state index contributed by atoms with van der Waals surface area (Å²) in [5.41, 5.74) is 2.96. The number of urea groups is 1. The minimum Gasteiger partial charge on any atom is -0.331 e. The normalized spacial score (nSPS) is 11.4. The van der Waals surface area contributed by atoms with Crippen molar-refractivity contribution < 1.29 is 26.7 Å². The Morgan fingerprint density at radius 3 is 2.53 bits per heavy atom. The highest BCUT2D eigenvalue weighted by Crippen LogP contribution is 2.34. The van der Waals surface area contributed by atoms with E-state index in [1.165, 1.54) is 19.1 Å². The number of aromatic nitrogens is 2. The van der Waals surface area contributed by atoms with Gasteiger partial charge in [0.05, 0.1) is 16.8 Å². The third-order valence-corrected chi connectivity index (χ3v) is 5.12. The number of carbonyl (C=O) groups is 1. The minimum atomic E-state index is -4.66. The van der Waals surface area contributed by atoms with E-state index in [1.807, 2.05) is 0 Å². The Bertz CT molecular complexity index is 1310. The first-order chi connectivity index (χ1) is 17.0. The van der Waals surface area contributed by atoms with Crippen molar-refractivity contribution in [2.45, 2.75) is 26.1 Å². The molecule has 3 aromatic rings. The van der Waals surface area contributed by atoms with Gasteiger partial charge in [-0.2, -0.15) is 18.2 Å². The van der Waals surface area contributed by atoms with Crippen LogP contribution in [0.3, 0.4) is 0 Å². The molecule has 192 valence electrons. The highest BCUT2D eigenvalue weighted by molar-refractivity contribution is 5.98. The lowest BCUT2D eigenvalue weighted by atomic mass is 10.00. The van der Waals surface area contributed by atoms with Crippen molar-refractivity contribution in [3.8, 4) is 11.1 Å². The molecule has 2 aromatic carbocycles. The lowest BCUT2D eigenvalue weighted by Gasteiger charge is -2.15. The van der Waals surface area contributed by atoms with E-state index in [9.17, 15) is 31.5 Å². The molecule has 0 aliphatic heterocycles. The second-order valence-electron chi connectivity index (χ2n) is 7.82. The van der Waals surface area contributed by atoms with Gasteiger partial charge >= 0.3 is 12.2 Å². The summed E-state index contributed by atoms with van der Waals surface area (Å²) in [6.07, 6.45) is -2.97. The van der Waals surface area contributed by atoms with Gasteiger partial charge in [-0.3, -0.25) is 10.1 Å². The highest BCUT2D eigenvalue weighted by Gasteiger charge is 2.33. The van der Waals surface area contributed by atoms with Crippen LogP contribution in [-0.4, -0.2) is 29.1 Å².